The number of nitrogens with one attached hydrogen (secondary N) is 3. The van der Waals surface area contributed by atoms with E-state index in [0.717, 1.165) is 24.6 Å². The molecule has 16 heavy (non-hydrogen) atoms. The van der Waals surface area contributed by atoms with Crippen LogP contribution in [0, 0.1) is 6.92 Å². The molecule has 1 rings (SSSR count). The van der Waals surface area contributed by atoms with Crippen LogP contribution in [0.2, 0.25) is 0 Å². The molecule has 0 saturated carbocycles. The first-order valence-corrected chi connectivity index (χ1v) is 5.26. The quantitative estimate of drug-likeness (QED) is 0.621. The molecule has 1 heterocycles. The lowest BCUT2D eigenvalue weighted by Crippen LogP contribution is -2.38. The van der Waals surface area contributed by atoms with Gasteiger partial charge in [-0.15, -0.1) is 0 Å². The molecule has 90 valence electrons. The van der Waals surface area contributed by atoms with Gasteiger partial charge >= 0.3 is 6.03 Å². The van der Waals surface area contributed by atoms with Gasteiger partial charge in [-0.05, 0) is 6.92 Å². The molecule has 1 aromatic heterocycles. The number of amides is 2. The van der Waals surface area contributed by atoms with Gasteiger partial charge in [0.15, 0.2) is 0 Å². The van der Waals surface area contributed by atoms with Crippen molar-refractivity contribution >= 4 is 6.03 Å². The molecule has 0 fully saturated rings. The second-order valence-electron chi connectivity index (χ2n) is 3.80. The van der Waals surface area contributed by atoms with Gasteiger partial charge in [0, 0.05) is 45.6 Å². The summed E-state index contributed by atoms with van der Waals surface area (Å²) >= 11 is 0. The average Bonchev–Trinajstić information content (AvgIpc) is 2.63. The Morgan fingerprint density at radius 3 is 2.81 bits per heavy atom. The molecule has 0 aromatic carbocycles. The molecular formula is C10H19N5O. The summed E-state index contributed by atoms with van der Waals surface area (Å²) in [4.78, 5) is 19.9. The molecule has 6 nitrogen and oxygen atoms in total. The van der Waals surface area contributed by atoms with E-state index in [-0.39, 0.29) is 6.03 Å². The first kappa shape index (κ1) is 12.5. The van der Waals surface area contributed by atoms with Crippen LogP contribution in [0.25, 0.3) is 0 Å². The maximum Gasteiger partial charge on any atom is 0.316 e. The summed E-state index contributed by atoms with van der Waals surface area (Å²) in [6.45, 7) is 4.00. The minimum atomic E-state index is -0.0702. The SMILES string of the molecule is Cc1ncc(CNCCNC(=O)N(C)C)[nH]1. The zero-order valence-electron chi connectivity index (χ0n) is 10.0. The lowest BCUT2D eigenvalue weighted by Gasteiger charge is -2.11. The summed E-state index contributed by atoms with van der Waals surface area (Å²) in [5, 5.41) is 5.98. The van der Waals surface area contributed by atoms with Crippen molar-refractivity contribution in [1.29, 1.82) is 0 Å². The van der Waals surface area contributed by atoms with Crippen molar-refractivity contribution in [2.75, 3.05) is 27.2 Å². The third-order valence-electron chi connectivity index (χ3n) is 2.06. The smallest absolute Gasteiger partial charge is 0.316 e. The van der Waals surface area contributed by atoms with E-state index in [4.69, 9.17) is 0 Å². The van der Waals surface area contributed by atoms with E-state index in [1.807, 2.05) is 6.92 Å². The van der Waals surface area contributed by atoms with Crippen molar-refractivity contribution in [2.45, 2.75) is 13.5 Å². The molecule has 0 bridgehead atoms. The van der Waals surface area contributed by atoms with Gasteiger partial charge in [-0.3, -0.25) is 0 Å². The van der Waals surface area contributed by atoms with Crippen molar-refractivity contribution in [2.24, 2.45) is 0 Å². The molecule has 0 spiro atoms. The van der Waals surface area contributed by atoms with Crippen LogP contribution in [-0.4, -0.2) is 48.1 Å². The van der Waals surface area contributed by atoms with E-state index >= 15 is 0 Å². The third-order valence-corrected chi connectivity index (χ3v) is 2.06. The molecule has 0 saturated heterocycles. The Kier molecular flexibility index (Phi) is 4.78. The summed E-state index contributed by atoms with van der Waals surface area (Å²) in [6.07, 6.45) is 1.81. The largest absolute Gasteiger partial charge is 0.345 e. The van der Waals surface area contributed by atoms with Crippen molar-refractivity contribution in [1.82, 2.24) is 25.5 Å². The number of carbonyl (C=O) groups excluding carboxylic acids is 1. The number of aromatic amines is 1. The third kappa shape index (κ3) is 4.31. The molecule has 0 aliphatic heterocycles. The highest BCUT2D eigenvalue weighted by Gasteiger charge is 2.00. The predicted molar refractivity (Wildman–Crippen MR) is 62.1 cm³/mol. The fourth-order valence-corrected chi connectivity index (χ4v) is 1.20. The molecular weight excluding hydrogens is 206 g/mol. The summed E-state index contributed by atoms with van der Waals surface area (Å²) in [5.74, 6) is 0.915. The summed E-state index contributed by atoms with van der Waals surface area (Å²) in [7, 11) is 3.44. The highest BCUT2D eigenvalue weighted by atomic mass is 16.2. The van der Waals surface area contributed by atoms with Gasteiger partial charge in [-0.2, -0.15) is 0 Å². The van der Waals surface area contributed by atoms with Crippen molar-refractivity contribution < 1.29 is 4.79 Å². The minimum Gasteiger partial charge on any atom is -0.345 e. The number of carbonyl (C=O) groups is 1. The van der Waals surface area contributed by atoms with Crippen LogP contribution in [-0.2, 0) is 6.54 Å². The standard InChI is InChI=1S/C10H19N5O/c1-8-13-7-9(14-8)6-11-4-5-12-10(16)15(2)3/h7,11H,4-6H2,1-3H3,(H,12,16)(H,13,14). The maximum absolute atomic E-state index is 11.2. The van der Waals surface area contributed by atoms with E-state index in [0.29, 0.717) is 6.54 Å². The van der Waals surface area contributed by atoms with Gasteiger partial charge in [0.1, 0.15) is 5.82 Å². The molecule has 6 heteroatoms. The number of nitrogens with zero attached hydrogens (tertiary/aromatic N) is 2. The number of rotatable bonds is 5. The highest BCUT2D eigenvalue weighted by Crippen LogP contribution is 1.93. The van der Waals surface area contributed by atoms with Crippen LogP contribution < -0.4 is 10.6 Å². The van der Waals surface area contributed by atoms with Crippen molar-refractivity contribution in [3.05, 3.63) is 17.7 Å². The van der Waals surface area contributed by atoms with E-state index in [9.17, 15) is 4.79 Å². The summed E-state index contributed by atoms with van der Waals surface area (Å²) < 4.78 is 0. The summed E-state index contributed by atoms with van der Waals surface area (Å²) in [5.41, 5.74) is 1.05. The van der Waals surface area contributed by atoms with E-state index in [1.165, 1.54) is 4.90 Å². The Morgan fingerprint density at radius 1 is 1.50 bits per heavy atom. The van der Waals surface area contributed by atoms with Gasteiger partial charge in [-0.25, -0.2) is 9.78 Å². The number of H-pyrrole nitrogens is 1. The normalized spacial score (nSPS) is 10.2. The Bertz CT molecular complexity index is 334. The zero-order chi connectivity index (χ0) is 12.0. The Morgan fingerprint density at radius 2 is 2.25 bits per heavy atom. The lowest BCUT2D eigenvalue weighted by molar-refractivity contribution is 0.217. The molecule has 0 aliphatic rings. The Balaban J connectivity index is 2.06. The van der Waals surface area contributed by atoms with Crippen molar-refractivity contribution in [3.8, 4) is 0 Å². The Hall–Kier alpha value is -1.56. The van der Waals surface area contributed by atoms with Crippen LogP contribution in [0.3, 0.4) is 0 Å². The van der Waals surface area contributed by atoms with Crippen LogP contribution in [0.1, 0.15) is 11.5 Å². The molecule has 0 atom stereocenters. The number of hydrogen-bond acceptors (Lipinski definition) is 3. The number of aromatic nitrogens is 2. The number of imidazole rings is 1. The van der Waals surface area contributed by atoms with Crippen LogP contribution in [0.5, 0.6) is 0 Å². The highest BCUT2D eigenvalue weighted by molar-refractivity contribution is 5.73. The molecule has 0 radical (unpaired) electrons. The van der Waals surface area contributed by atoms with E-state index < -0.39 is 0 Å². The van der Waals surface area contributed by atoms with Crippen LogP contribution in [0.15, 0.2) is 6.20 Å². The fourth-order valence-electron chi connectivity index (χ4n) is 1.20. The first-order chi connectivity index (χ1) is 7.59. The molecule has 0 unspecified atom stereocenters. The lowest BCUT2D eigenvalue weighted by atomic mass is 10.4. The minimum absolute atomic E-state index is 0.0702. The second-order valence-corrected chi connectivity index (χ2v) is 3.80. The first-order valence-electron chi connectivity index (χ1n) is 5.26. The van der Waals surface area contributed by atoms with Gasteiger partial charge < -0.3 is 20.5 Å². The van der Waals surface area contributed by atoms with Gasteiger partial charge in [0.05, 0.1) is 0 Å². The fraction of sp³-hybridized carbons (Fsp3) is 0.600. The number of urea groups is 1. The Labute approximate surface area is 95.4 Å². The molecule has 1 aromatic rings. The van der Waals surface area contributed by atoms with Gasteiger partial charge in [0.25, 0.3) is 0 Å². The van der Waals surface area contributed by atoms with Gasteiger partial charge in [0.2, 0.25) is 0 Å². The number of aryl methyl sites for hydroxylation is 1. The monoisotopic (exact) mass is 225 g/mol. The second kappa shape index (κ2) is 6.12. The maximum atomic E-state index is 11.2. The number of hydrogen-bond donors (Lipinski definition) is 3. The van der Waals surface area contributed by atoms with E-state index in [1.54, 1.807) is 20.3 Å². The topological polar surface area (TPSA) is 73.1 Å². The molecule has 2 amide bonds. The molecule has 3 N–H and O–H groups in total. The molecule has 0 aliphatic carbocycles. The predicted octanol–water partition coefficient (Wildman–Crippen LogP) is 0.0789. The zero-order valence-corrected chi connectivity index (χ0v) is 10.0. The van der Waals surface area contributed by atoms with Crippen LogP contribution >= 0.6 is 0 Å². The van der Waals surface area contributed by atoms with Gasteiger partial charge in [-0.1, -0.05) is 0 Å². The summed E-state index contributed by atoms with van der Waals surface area (Å²) in [6, 6.07) is -0.0702. The van der Waals surface area contributed by atoms with E-state index in [2.05, 4.69) is 20.6 Å². The average molecular weight is 225 g/mol. The van der Waals surface area contributed by atoms with Crippen molar-refractivity contribution in [3.63, 3.8) is 0 Å². The van der Waals surface area contributed by atoms with Crippen LogP contribution in [0.4, 0.5) is 4.79 Å².